The standard InChI is InChI=1S/3C6H5.2C4H7NO2.Sb/c3*1-2-4-6-5-3-1;2*1-2-3-5-4(6)7;/h3*1-5H;2*2,5H,1,3H2,(H,6,7);/q;;;;;+2/p-2. The summed E-state index contributed by atoms with van der Waals surface area (Å²) in [6.45, 7) is 7.69. The van der Waals surface area contributed by atoms with E-state index < -0.39 is 30.4 Å². The quantitative estimate of drug-likeness (QED) is 0.316. The van der Waals surface area contributed by atoms with Crippen LogP contribution in [0.5, 0.6) is 0 Å². The second-order valence-corrected chi connectivity index (χ2v) is 18.0. The Morgan fingerprint density at radius 3 is 1.21 bits per heavy atom. The molecule has 0 radical (unpaired) electrons. The van der Waals surface area contributed by atoms with Crippen LogP contribution in [-0.4, -0.2) is 43.5 Å². The summed E-state index contributed by atoms with van der Waals surface area (Å²) >= 11 is -5.77. The molecular weight excluding hydrogens is 526 g/mol. The van der Waals surface area contributed by atoms with Gasteiger partial charge in [-0.05, 0) is 0 Å². The molecule has 6 nitrogen and oxygen atoms in total. The number of carbonyl (C=O) groups is 2. The second-order valence-electron chi connectivity index (χ2n) is 7.06. The first-order valence-corrected chi connectivity index (χ1v) is 16.3. The summed E-state index contributed by atoms with van der Waals surface area (Å²) in [6.07, 6.45) is 1.69. The van der Waals surface area contributed by atoms with Crippen LogP contribution in [0.4, 0.5) is 9.59 Å². The molecule has 0 aliphatic heterocycles. The molecule has 0 fully saturated rings. The van der Waals surface area contributed by atoms with Crippen LogP contribution < -0.4 is 21.2 Å². The Balaban J connectivity index is 2.42. The van der Waals surface area contributed by atoms with Crippen molar-refractivity contribution in [3.8, 4) is 0 Å². The molecule has 0 heterocycles. The Bertz CT molecular complexity index is 975. The van der Waals surface area contributed by atoms with Crippen LogP contribution in [0.25, 0.3) is 0 Å². The molecule has 3 aromatic rings. The summed E-state index contributed by atoms with van der Waals surface area (Å²) in [5.41, 5.74) is 0. The number of hydrogen-bond donors (Lipinski definition) is 2. The number of hydrogen-bond acceptors (Lipinski definition) is 4. The van der Waals surface area contributed by atoms with E-state index in [2.05, 4.69) is 23.8 Å². The first-order valence-electron chi connectivity index (χ1n) is 10.4. The summed E-state index contributed by atoms with van der Waals surface area (Å²) in [6, 6.07) is 27.6. The molecule has 0 saturated carbocycles. The predicted molar refractivity (Wildman–Crippen MR) is 133 cm³/mol. The summed E-state index contributed by atoms with van der Waals surface area (Å²) in [5, 5.41) is 5.36. The molecule has 3 aromatic carbocycles. The van der Waals surface area contributed by atoms with Crippen molar-refractivity contribution in [1.82, 2.24) is 10.6 Å². The minimum atomic E-state index is -5.77. The van der Waals surface area contributed by atoms with E-state index in [9.17, 15) is 9.59 Å². The molecule has 2 amide bonds. The Kier molecular flexibility index (Phi) is 7.96. The van der Waals surface area contributed by atoms with Gasteiger partial charge in [-0.15, -0.1) is 0 Å². The van der Waals surface area contributed by atoms with Crippen LogP contribution in [0.1, 0.15) is 0 Å². The van der Waals surface area contributed by atoms with Crippen LogP contribution in [0.2, 0.25) is 0 Å². The number of benzene rings is 3. The van der Waals surface area contributed by atoms with Gasteiger partial charge in [0.25, 0.3) is 0 Å². The molecule has 3 rings (SSSR count). The van der Waals surface area contributed by atoms with Crippen molar-refractivity contribution in [2.24, 2.45) is 0 Å². The first-order chi connectivity index (χ1) is 16.1. The van der Waals surface area contributed by atoms with E-state index in [1.54, 1.807) is 12.2 Å². The molecule has 0 aromatic heterocycles. The van der Waals surface area contributed by atoms with E-state index in [0.717, 1.165) is 0 Å². The monoisotopic (exact) mass is 552 g/mol. The molecule has 7 heteroatoms. The van der Waals surface area contributed by atoms with Gasteiger partial charge in [0.2, 0.25) is 0 Å². The third kappa shape index (κ3) is 4.81. The predicted octanol–water partition coefficient (Wildman–Crippen LogP) is 2.93. The van der Waals surface area contributed by atoms with Gasteiger partial charge < -0.3 is 0 Å². The molecule has 0 atom stereocenters. The van der Waals surface area contributed by atoms with Crippen molar-refractivity contribution >= 4 is 41.0 Å². The Labute approximate surface area is 196 Å². The van der Waals surface area contributed by atoms with Crippen molar-refractivity contribution in [2.75, 3.05) is 13.1 Å². The number of carbonyl (C=O) groups excluding carboxylic acids is 2. The summed E-state index contributed by atoms with van der Waals surface area (Å²) in [4.78, 5) is 26.4. The average molecular weight is 553 g/mol. The maximum absolute atomic E-state index is 13.2. The van der Waals surface area contributed by atoms with Gasteiger partial charge in [0, 0.05) is 0 Å². The van der Waals surface area contributed by atoms with Gasteiger partial charge in [-0.2, -0.15) is 0 Å². The van der Waals surface area contributed by atoms with E-state index in [4.69, 9.17) is 6.03 Å². The van der Waals surface area contributed by atoms with Crippen LogP contribution in [0.3, 0.4) is 0 Å². The van der Waals surface area contributed by atoms with Crippen LogP contribution >= 0.6 is 0 Å². The van der Waals surface area contributed by atoms with Gasteiger partial charge >= 0.3 is 197 Å². The topological polar surface area (TPSA) is 76.7 Å². The van der Waals surface area contributed by atoms with Crippen molar-refractivity contribution in [3.05, 3.63) is 116 Å². The third-order valence-corrected chi connectivity index (χ3v) is 18.5. The van der Waals surface area contributed by atoms with Crippen molar-refractivity contribution < 1.29 is 15.6 Å². The molecule has 0 aliphatic carbocycles. The van der Waals surface area contributed by atoms with Gasteiger partial charge in [0.15, 0.2) is 0 Å². The fourth-order valence-corrected chi connectivity index (χ4v) is 16.3. The van der Waals surface area contributed by atoms with Crippen molar-refractivity contribution in [2.45, 2.75) is 0 Å². The van der Waals surface area contributed by atoms with Crippen LogP contribution in [0, 0.1) is 0 Å². The molecular formula is C26H27N2O4Sb. The number of rotatable bonds is 9. The van der Waals surface area contributed by atoms with Crippen LogP contribution in [-0.2, 0) is 6.03 Å². The Morgan fingerprint density at radius 1 is 0.636 bits per heavy atom. The zero-order valence-corrected chi connectivity index (χ0v) is 20.8. The molecule has 0 unspecified atom stereocenters. The molecule has 0 bridgehead atoms. The molecule has 0 saturated heterocycles. The molecule has 0 aliphatic rings. The van der Waals surface area contributed by atoms with E-state index in [1.807, 2.05) is 91.0 Å². The van der Waals surface area contributed by atoms with E-state index in [1.165, 1.54) is 0 Å². The number of amides is 2. The third-order valence-electron chi connectivity index (χ3n) is 4.97. The number of nitrogens with one attached hydrogen (secondary N) is 2. The fraction of sp³-hybridized carbons (Fsp3) is 0.0769. The van der Waals surface area contributed by atoms with Gasteiger partial charge in [-0.25, -0.2) is 0 Å². The second kappa shape index (κ2) is 10.9. The molecule has 33 heavy (non-hydrogen) atoms. The van der Waals surface area contributed by atoms with E-state index in [0.29, 0.717) is 10.5 Å². The molecule has 2 N–H and O–H groups in total. The average Bonchev–Trinajstić information content (AvgIpc) is 2.87. The van der Waals surface area contributed by atoms with Crippen molar-refractivity contribution in [1.29, 1.82) is 0 Å². The van der Waals surface area contributed by atoms with Gasteiger partial charge in [-0.1, -0.05) is 0 Å². The Hall–Kier alpha value is -3.50. The van der Waals surface area contributed by atoms with Gasteiger partial charge in [0.1, 0.15) is 0 Å². The van der Waals surface area contributed by atoms with E-state index in [-0.39, 0.29) is 13.1 Å². The fourth-order valence-electron chi connectivity index (χ4n) is 3.57. The molecule has 170 valence electrons. The van der Waals surface area contributed by atoms with Gasteiger partial charge in [0.05, 0.1) is 0 Å². The summed E-state index contributed by atoms with van der Waals surface area (Å²) in [5.74, 6) is 0. The first kappa shape index (κ1) is 24.1. The zero-order valence-electron chi connectivity index (χ0n) is 18.2. The summed E-state index contributed by atoms with van der Waals surface area (Å²) in [7, 11) is 0. The SMILES string of the molecule is C=CCNC(=O)[O][Sb]([O]C(=O)NCC=C)([c]1ccccc1)([c]1ccccc1)[c]1ccccc1. The zero-order chi connectivity index (χ0) is 23.6. The van der Waals surface area contributed by atoms with Crippen molar-refractivity contribution in [3.63, 3.8) is 0 Å². The molecule has 0 spiro atoms. The summed E-state index contributed by atoms with van der Waals surface area (Å²) < 4.78 is 14.8. The maximum atomic E-state index is 13.2. The Morgan fingerprint density at radius 2 is 0.939 bits per heavy atom. The van der Waals surface area contributed by atoms with Gasteiger partial charge in [-0.3, -0.25) is 0 Å². The normalized spacial score (nSPS) is 11.8. The minimum absolute atomic E-state index is 0.198. The van der Waals surface area contributed by atoms with Crippen LogP contribution in [0.15, 0.2) is 116 Å². The van der Waals surface area contributed by atoms with E-state index >= 15 is 0 Å².